The first-order valence-electron chi connectivity index (χ1n) is 4.83. The zero-order chi connectivity index (χ0) is 11.3. The lowest BCUT2D eigenvalue weighted by Gasteiger charge is -2.16. The molecule has 0 unspecified atom stereocenters. The van der Waals surface area contributed by atoms with Crippen molar-refractivity contribution >= 4 is 0 Å². The minimum absolute atomic E-state index is 0.432. The van der Waals surface area contributed by atoms with Crippen LogP contribution in [0.3, 0.4) is 0 Å². The Kier molecular flexibility index (Phi) is 4.39. The molecule has 0 saturated heterocycles. The van der Waals surface area contributed by atoms with Crippen molar-refractivity contribution in [3.05, 3.63) is 23.8 Å². The van der Waals surface area contributed by atoms with Gasteiger partial charge in [0.05, 0.1) is 20.3 Å². The monoisotopic (exact) mass is 211 g/mol. The highest BCUT2D eigenvalue weighted by molar-refractivity contribution is 5.47. The lowest BCUT2D eigenvalue weighted by Crippen LogP contribution is -2.08. The van der Waals surface area contributed by atoms with Gasteiger partial charge in [0.15, 0.2) is 11.5 Å². The SMILES string of the molecule is COc1cccc([C@H](O)CCN)c1OC. The summed E-state index contributed by atoms with van der Waals surface area (Å²) in [6.45, 7) is 0.432. The summed E-state index contributed by atoms with van der Waals surface area (Å²) in [4.78, 5) is 0. The number of hydrogen-bond donors (Lipinski definition) is 2. The normalized spacial score (nSPS) is 12.3. The van der Waals surface area contributed by atoms with Crippen molar-refractivity contribution < 1.29 is 14.6 Å². The number of aliphatic hydroxyl groups is 1. The van der Waals surface area contributed by atoms with E-state index in [1.54, 1.807) is 20.3 Å². The van der Waals surface area contributed by atoms with E-state index in [1.165, 1.54) is 0 Å². The number of nitrogens with two attached hydrogens (primary N) is 1. The summed E-state index contributed by atoms with van der Waals surface area (Å²) in [5, 5.41) is 9.84. The van der Waals surface area contributed by atoms with Crippen molar-refractivity contribution in [1.29, 1.82) is 0 Å². The largest absolute Gasteiger partial charge is 0.493 e. The second kappa shape index (κ2) is 5.58. The van der Waals surface area contributed by atoms with Crippen LogP contribution in [0.2, 0.25) is 0 Å². The standard InChI is InChI=1S/C11H17NO3/c1-14-10-5-3-4-8(11(10)15-2)9(13)6-7-12/h3-5,9,13H,6-7,12H2,1-2H3/t9-/m1/s1. The van der Waals surface area contributed by atoms with Gasteiger partial charge < -0.3 is 20.3 Å². The van der Waals surface area contributed by atoms with E-state index in [0.717, 1.165) is 0 Å². The Morgan fingerprint density at radius 2 is 2.07 bits per heavy atom. The van der Waals surface area contributed by atoms with E-state index in [2.05, 4.69) is 0 Å². The maximum Gasteiger partial charge on any atom is 0.166 e. The number of ether oxygens (including phenoxy) is 2. The molecule has 1 aromatic carbocycles. The van der Waals surface area contributed by atoms with Crippen molar-refractivity contribution in [3.8, 4) is 11.5 Å². The van der Waals surface area contributed by atoms with Gasteiger partial charge in [-0.25, -0.2) is 0 Å². The molecule has 0 fully saturated rings. The molecule has 0 radical (unpaired) electrons. The zero-order valence-electron chi connectivity index (χ0n) is 9.06. The van der Waals surface area contributed by atoms with Crippen LogP contribution < -0.4 is 15.2 Å². The van der Waals surface area contributed by atoms with Crippen LogP contribution in [0.5, 0.6) is 11.5 Å². The first kappa shape index (κ1) is 11.8. The van der Waals surface area contributed by atoms with Crippen LogP contribution in [0.15, 0.2) is 18.2 Å². The Bertz CT molecular complexity index is 315. The van der Waals surface area contributed by atoms with E-state index in [-0.39, 0.29) is 0 Å². The predicted molar refractivity (Wildman–Crippen MR) is 58.2 cm³/mol. The molecule has 1 atom stereocenters. The van der Waals surface area contributed by atoms with Gasteiger partial charge in [0.2, 0.25) is 0 Å². The predicted octanol–water partition coefficient (Wildman–Crippen LogP) is 1.09. The van der Waals surface area contributed by atoms with Gasteiger partial charge in [-0.05, 0) is 19.0 Å². The Balaban J connectivity index is 3.05. The average Bonchev–Trinajstić information content (AvgIpc) is 2.28. The molecule has 4 nitrogen and oxygen atoms in total. The average molecular weight is 211 g/mol. The molecule has 4 heteroatoms. The molecule has 15 heavy (non-hydrogen) atoms. The zero-order valence-corrected chi connectivity index (χ0v) is 9.06. The van der Waals surface area contributed by atoms with Crippen LogP contribution >= 0.6 is 0 Å². The highest BCUT2D eigenvalue weighted by atomic mass is 16.5. The van der Waals surface area contributed by atoms with Gasteiger partial charge in [0.25, 0.3) is 0 Å². The maximum atomic E-state index is 9.84. The summed E-state index contributed by atoms with van der Waals surface area (Å²) in [6.07, 6.45) is -0.108. The lowest BCUT2D eigenvalue weighted by atomic mass is 10.0. The summed E-state index contributed by atoms with van der Waals surface area (Å²) >= 11 is 0. The number of methoxy groups -OCH3 is 2. The van der Waals surface area contributed by atoms with Crippen LogP contribution in [0.1, 0.15) is 18.1 Å². The van der Waals surface area contributed by atoms with Gasteiger partial charge in [-0.1, -0.05) is 12.1 Å². The van der Waals surface area contributed by atoms with Crippen molar-refractivity contribution in [2.24, 2.45) is 5.73 Å². The highest BCUT2D eigenvalue weighted by Gasteiger charge is 2.15. The van der Waals surface area contributed by atoms with Crippen molar-refractivity contribution in [1.82, 2.24) is 0 Å². The molecule has 0 aliphatic rings. The molecule has 1 aromatic rings. The molecular formula is C11H17NO3. The van der Waals surface area contributed by atoms with Crippen LogP contribution in [0, 0.1) is 0 Å². The summed E-state index contributed by atoms with van der Waals surface area (Å²) in [5.74, 6) is 1.19. The summed E-state index contributed by atoms with van der Waals surface area (Å²) < 4.78 is 10.3. The van der Waals surface area contributed by atoms with Crippen molar-refractivity contribution in [3.63, 3.8) is 0 Å². The van der Waals surface area contributed by atoms with Gasteiger partial charge in [0, 0.05) is 5.56 Å². The molecule has 0 heterocycles. The number of benzene rings is 1. The fourth-order valence-corrected chi connectivity index (χ4v) is 1.49. The Morgan fingerprint density at radius 3 is 2.60 bits per heavy atom. The summed E-state index contributed by atoms with van der Waals surface area (Å²) in [6, 6.07) is 5.41. The van der Waals surface area contributed by atoms with Crippen LogP contribution in [0.25, 0.3) is 0 Å². The molecule has 0 aromatic heterocycles. The smallest absolute Gasteiger partial charge is 0.166 e. The number of rotatable bonds is 5. The number of para-hydroxylation sites is 1. The van der Waals surface area contributed by atoms with Gasteiger partial charge in [-0.15, -0.1) is 0 Å². The fraction of sp³-hybridized carbons (Fsp3) is 0.455. The number of hydrogen-bond acceptors (Lipinski definition) is 4. The topological polar surface area (TPSA) is 64.7 Å². The maximum absolute atomic E-state index is 9.84. The molecule has 0 amide bonds. The van der Waals surface area contributed by atoms with Crippen LogP contribution in [-0.4, -0.2) is 25.9 Å². The molecular weight excluding hydrogens is 194 g/mol. The minimum atomic E-state index is -0.611. The first-order chi connectivity index (χ1) is 7.24. The summed E-state index contributed by atoms with van der Waals surface area (Å²) in [5.41, 5.74) is 6.11. The first-order valence-corrected chi connectivity index (χ1v) is 4.83. The van der Waals surface area contributed by atoms with Crippen molar-refractivity contribution in [2.45, 2.75) is 12.5 Å². The molecule has 1 rings (SSSR count). The van der Waals surface area contributed by atoms with Crippen LogP contribution in [0.4, 0.5) is 0 Å². The van der Waals surface area contributed by atoms with E-state index in [4.69, 9.17) is 15.2 Å². The van der Waals surface area contributed by atoms with E-state index in [1.807, 2.05) is 12.1 Å². The second-order valence-electron chi connectivity index (χ2n) is 3.18. The fourth-order valence-electron chi connectivity index (χ4n) is 1.49. The highest BCUT2D eigenvalue weighted by Crippen LogP contribution is 2.35. The van der Waals surface area contributed by atoms with E-state index in [9.17, 15) is 5.11 Å². The third kappa shape index (κ3) is 2.61. The van der Waals surface area contributed by atoms with Gasteiger partial charge in [-0.2, -0.15) is 0 Å². The third-order valence-corrected chi connectivity index (χ3v) is 2.23. The van der Waals surface area contributed by atoms with Gasteiger partial charge >= 0.3 is 0 Å². The molecule has 3 N–H and O–H groups in total. The molecule has 0 bridgehead atoms. The Hall–Kier alpha value is -1.26. The van der Waals surface area contributed by atoms with E-state index >= 15 is 0 Å². The van der Waals surface area contributed by atoms with E-state index < -0.39 is 6.10 Å². The lowest BCUT2D eigenvalue weighted by molar-refractivity contribution is 0.165. The minimum Gasteiger partial charge on any atom is -0.493 e. The number of aliphatic hydroxyl groups excluding tert-OH is 1. The molecule has 0 spiro atoms. The van der Waals surface area contributed by atoms with Gasteiger partial charge in [0.1, 0.15) is 0 Å². The Labute approximate surface area is 89.6 Å². The molecule has 0 aliphatic heterocycles. The van der Waals surface area contributed by atoms with Crippen LogP contribution in [-0.2, 0) is 0 Å². The summed E-state index contributed by atoms with van der Waals surface area (Å²) in [7, 11) is 3.12. The molecule has 84 valence electrons. The Morgan fingerprint density at radius 1 is 1.33 bits per heavy atom. The molecule has 0 saturated carbocycles. The van der Waals surface area contributed by atoms with E-state index in [0.29, 0.717) is 30.0 Å². The second-order valence-corrected chi connectivity index (χ2v) is 3.18. The van der Waals surface area contributed by atoms with Gasteiger partial charge in [-0.3, -0.25) is 0 Å². The molecule has 0 aliphatic carbocycles. The third-order valence-electron chi connectivity index (χ3n) is 2.23. The van der Waals surface area contributed by atoms with Crippen molar-refractivity contribution in [2.75, 3.05) is 20.8 Å². The quantitative estimate of drug-likeness (QED) is 0.765.